The predicted octanol–water partition coefficient (Wildman–Crippen LogP) is 1.89. The Morgan fingerprint density at radius 3 is 2.00 bits per heavy atom. The minimum atomic E-state index is -0.960. The molecule has 0 aliphatic rings. The van der Waals surface area contributed by atoms with Gasteiger partial charge >= 0.3 is 5.91 Å². The number of hydroxylamine groups is 1. The Morgan fingerprint density at radius 1 is 0.844 bits per heavy atom. The van der Waals surface area contributed by atoms with Gasteiger partial charge in [0, 0.05) is 0 Å². The Morgan fingerprint density at radius 2 is 1.44 bits per heavy atom. The highest BCUT2D eigenvalue weighted by atomic mass is 16.7. The number of carbonyl (C=O) groups excluding carboxylic acids is 3. The van der Waals surface area contributed by atoms with E-state index in [1.54, 1.807) is 6.92 Å². The van der Waals surface area contributed by atoms with Crippen LogP contribution in [0.25, 0.3) is 0 Å². The first kappa shape index (κ1) is 25.2. The zero-order chi connectivity index (χ0) is 23.2. The molecule has 0 saturated heterocycles. The molecule has 0 bridgehead atoms. The van der Waals surface area contributed by atoms with Gasteiger partial charge < -0.3 is 15.4 Å². The van der Waals surface area contributed by atoms with E-state index in [0.29, 0.717) is 13.2 Å². The summed E-state index contributed by atoms with van der Waals surface area (Å²) >= 11 is 0. The van der Waals surface area contributed by atoms with Crippen molar-refractivity contribution in [3.05, 3.63) is 71.8 Å². The lowest BCUT2D eigenvalue weighted by molar-refractivity contribution is -0.148. The van der Waals surface area contributed by atoms with Gasteiger partial charge in [-0.25, -0.2) is 5.48 Å². The van der Waals surface area contributed by atoms with Crippen LogP contribution in [-0.2, 0) is 37.2 Å². The number of likely N-dealkylation sites (N-methyl/N-ethyl adjacent to an activating group) is 1. The first-order valence-corrected chi connectivity index (χ1v) is 10.7. The molecule has 0 saturated carbocycles. The summed E-state index contributed by atoms with van der Waals surface area (Å²) in [7, 11) is 0. The average Bonchev–Trinajstić information content (AvgIpc) is 2.82. The van der Waals surface area contributed by atoms with E-state index in [4.69, 9.17) is 9.57 Å². The van der Waals surface area contributed by atoms with Crippen molar-refractivity contribution < 1.29 is 24.0 Å². The van der Waals surface area contributed by atoms with E-state index < -0.39 is 29.7 Å². The van der Waals surface area contributed by atoms with E-state index in [1.165, 1.54) is 0 Å². The van der Waals surface area contributed by atoms with Crippen LogP contribution in [0.15, 0.2) is 60.7 Å². The number of hydrogen-bond donors (Lipinski definition) is 3. The van der Waals surface area contributed by atoms with Crippen LogP contribution in [0.2, 0.25) is 0 Å². The van der Waals surface area contributed by atoms with Crippen LogP contribution in [0.1, 0.15) is 31.4 Å². The van der Waals surface area contributed by atoms with Crippen LogP contribution in [0.3, 0.4) is 0 Å². The van der Waals surface area contributed by atoms with Gasteiger partial charge in [-0.1, -0.05) is 74.5 Å². The molecule has 0 radical (unpaired) electrons. The molecular formula is C24H31N3O5. The van der Waals surface area contributed by atoms with Gasteiger partial charge in [0.2, 0.25) is 11.7 Å². The first-order chi connectivity index (χ1) is 15.5. The first-order valence-electron chi connectivity index (χ1n) is 10.7. The molecule has 0 aliphatic carbocycles. The molecule has 172 valence electrons. The number of nitrogens with one attached hydrogen (secondary N) is 3. The Kier molecular flexibility index (Phi) is 11.1. The quantitative estimate of drug-likeness (QED) is 0.305. The maximum atomic E-state index is 12.7. The summed E-state index contributed by atoms with van der Waals surface area (Å²) < 4.78 is 5.67. The number of ether oxygens (including phenoxy) is 1. The summed E-state index contributed by atoms with van der Waals surface area (Å²) in [5, 5.41) is 5.69. The summed E-state index contributed by atoms with van der Waals surface area (Å²) in [5.74, 6) is -2.08. The molecule has 0 heterocycles. The molecule has 2 atom stereocenters. The second-order valence-electron chi connectivity index (χ2n) is 7.15. The van der Waals surface area contributed by atoms with Gasteiger partial charge in [-0.05, 0) is 24.1 Å². The minimum absolute atomic E-state index is 0.129. The molecule has 32 heavy (non-hydrogen) atoms. The van der Waals surface area contributed by atoms with E-state index in [1.807, 2.05) is 67.6 Å². The zero-order valence-corrected chi connectivity index (χ0v) is 18.5. The highest BCUT2D eigenvalue weighted by Gasteiger charge is 2.28. The summed E-state index contributed by atoms with van der Waals surface area (Å²) in [6.45, 7) is 4.76. The van der Waals surface area contributed by atoms with Gasteiger partial charge in [0.15, 0.2) is 0 Å². The Bertz CT molecular complexity index is 845. The summed E-state index contributed by atoms with van der Waals surface area (Å²) in [4.78, 5) is 42.5. The topological polar surface area (TPSA) is 106 Å². The molecular weight excluding hydrogens is 410 g/mol. The number of benzene rings is 2. The molecule has 0 fully saturated rings. The third-order valence-electron chi connectivity index (χ3n) is 4.67. The normalized spacial score (nSPS) is 12.6. The summed E-state index contributed by atoms with van der Waals surface area (Å²) in [6.07, 6.45) is 0.264. The number of amides is 2. The van der Waals surface area contributed by atoms with Crippen LogP contribution in [-0.4, -0.2) is 42.8 Å². The third-order valence-corrected chi connectivity index (χ3v) is 4.67. The van der Waals surface area contributed by atoms with Crippen molar-refractivity contribution in [1.82, 2.24) is 16.1 Å². The summed E-state index contributed by atoms with van der Waals surface area (Å²) in [6, 6.07) is 17.3. The molecule has 2 aromatic carbocycles. The molecule has 2 rings (SSSR count). The Balaban J connectivity index is 1.82. The Labute approximate surface area is 188 Å². The van der Waals surface area contributed by atoms with Gasteiger partial charge in [0.1, 0.15) is 6.04 Å². The van der Waals surface area contributed by atoms with E-state index in [9.17, 15) is 14.4 Å². The number of rotatable bonds is 14. The molecule has 2 unspecified atom stereocenters. The van der Waals surface area contributed by atoms with E-state index in [-0.39, 0.29) is 19.6 Å². The number of hydrogen-bond acceptors (Lipinski definition) is 6. The molecule has 0 spiro atoms. The molecule has 8 heteroatoms. The van der Waals surface area contributed by atoms with Crippen LogP contribution in [0, 0.1) is 0 Å². The van der Waals surface area contributed by atoms with Crippen molar-refractivity contribution in [3.8, 4) is 0 Å². The van der Waals surface area contributed by atoms with Gasteiger partial charge in [-0.3, -0.25) is 19.2 Å². The van der Waals surface area contributed by atoms with Gasteiger partial charge in [-0.2, -0.15) is 0 Å². The van der Waals surface area contributed by atoms with Crippen molar-refractivity contribution in [2.45, 2.75) is 45.6 Å². The maximum Gasteiger partial charge on any atom is 0.313 e. The predicted molar refractivity (Wildman–Crippen MR) is 120 cm³/mol. The number of ketones is 1. The second kappa shape index (κ2) is 14.1. The number of carbonyl (C=O) groups is 3. The molecule has 0 aromatic heterocycles. The van der Waals surface area contributed by atoms with Gasteiger partial charge in [0.05, 0.1) is 25.9 Å². The lowest BCUT2D eigenvalue weighted by Gasteiger charge is -2.21. The largest absolute Gasteiger partial charge is 0.375 e. The lowest BCUT2D eigenvalue weighted by Crippen LogP contribution is -2.54. The van der Waals surface area contributed by atoms with Crippen LogP contribution in [0.5, 0.6) is 0 Å². The van der Waals surface area contributed by atoms with E-state index in [0.717, 1.165) is 11.1 Å². The smallest absolute Gasteiger partial charge is 0.313 e. The molecule has 3 N–H and O–H groups in total. The van der Waals surface area contributed by atoms with Gasteiger partial charge in [0.25, 0.3) is 0 Å². The van der Waals surface area contributed by atoms with Crippen molar-refractivity contribution >= 4 is 17.6 Å². The standard InChI is InChI=1S/C24H31N3O5/c1-3-20(22(28)24(30)27-32-16-19-13-9-6-10-14-19)26-23(29)21(25-4-2)17-31-15-18-11-7-5-8-12-18/h5-14,20-21,25H,3-4,15-17H2,1-2H3,(H,26,29)(H,27,30). The molecule has 8 nitrogen and oxygen atoms in total. The average molecular weight is 442 g/mol. The fourth-order valence-corrected chi connectivity index (χ4v) is 2.94. The fraction of sp³-hybridized carbons (Fsp3) is 0.375. The SMILES string of the molecule is CCNC(COCc1ccccc1)C(=O)NC(CC)C(=O)C(=O)NOCc1ccccc1. The van der Waals surface area contributed by atoms with Crippen molar-refractivity contribution in [3.63, 3.8) is 0 Å². The van der Waals surface area contributed by atoms with Crippen molar-refractivity contribution in [2.24, 2.45) is 0 Å². The second-order valence-corrected chi connectivity index (χ2v) is 7.15. The number of Topliss-reactive ketones (excluding diaryl/α,β-unsaturated/α-hetero) is 1. The van der Waals surface area contributed by atoms with Gasteiger partial charge in [-0.15, -0.1) is 0 Å². The van der Waals surface area contributed by atoms with Crippen LogP contribution < -0.4 is 16.1 Å². The highest BCUT2D eigenvalue weighted by molar-refractivity contribution is 6.38. The fourth-order valence-electron chi connectivity index (χ4n) is 2.94. The van der Waals surface area contributed by atoms with Crippen LogP contribution in [0.4, 0.5) is 0 Å². The molecule has 2 aromatic rings. The maximum absolute atomic E-state index is 12.7. The summed E-state index contributed by atoms with van der Waals surface area (Å²) in [5.41, 5.74) is 3.99. The monoisotopic (exact) mass is 441 g/mol. The highest BCUT2D eigenvalue weighted by Crippen LogP contribution is 2.03. The van der Waals surface area contributed by atoms with Crippen molar-refractivity contribution in [1.29, 1.82) is 0 Å². The van der Waals surface area contributed by atoms with E-state index in [2.05, 4.69) is 16.1 Å². The zero-order valence-electron chi connectivity index (χ0n) is 18.5. The minimum Gasteiger partial charge on any atom is -0.375 e. The Hall–Kier alpha value is -3.07. The molecule has 2 amide bonds. The van der Waals surface area contributed by atoms with Crippen LogP contribution >= 0.6 is 0 Å². The lowest BCUT2D eigenvalue weighted by atomic mass is 10.1. The van der Waals surface area contributed by atoms with E-state index >= 15 is 0 Å². The third kappa shape index (κ3) is 8.58. The molecule has 0 aliphatic heterocycles. The van der Waals surface area contributed by atoms with Crippen molar-refractivity contribution in [2.75, 3.05) is 13.2 Å².